The van der Waals surface area contributed by atoms with Crippen molar-refractivity contribution < 1.29 is 52.7 Å². The fourth-order valence-corrected chi connectivity index (χ4v) is 12.4. The maximum absolute atomic E-state index is 14.2. The van der Waals surface area contributed by atoms with E-state index in [9.17, 15) is 24.3 Å². The van der Waals surface area contributed by atoms with Crippen LogP contribution in [0, 0.1) is 0 Å². The summed E-state index contributed by atoms with van der Waals surface area (Å²) in [6, 6.07) is 6.09. The molecular formula is C84H144O11. The normalized spacial score (nSPS) is 16.6. The van der Waals surface area contributed by atoms with Crippen molar-refractivity contribution in [2.75, 3.05) is 6.61 Å². The highest BCUT2D eigenvalue weighted by Gasteiger charge is 2.54. The second-order valence-electron chi connectivity index (χ2n) is 27.5. The van der Waals surface area contributed by atoms with Crippen LogP contribution in [-0.4, -0.2) is 66.3 Å². The lowest BCUT2D eigenvalue weighted by atomic mass is 9.97. The molecule has 0 spiro atoms. The lowest BCUT2D eigenvalue weighted by Crippen LogP contribution is -2.63. The van der Waals surface area contributed by atoms with E-state index in [0.29, 0.717) is 31.4 Å². The number of aromatic hydroxyl groups is 1. The number of phenols is 1. The Morgan fingerprint density at radius 3 is 0.884 bits per heavy atom. The number of phenolic OH excluding ortho intramolecular Hbond substituents is 1. The Kier molecular flexibility index (Phi) is 59.8. The maximum atomic E-state index is 14.2. The predicted octanol–water partition coefficient (Wildman–Crippen LogP) is 24.9. The molecular weight excluding hydrogens is 1180 g/mol. The van der Waals surface area contributed by atoms with Crippen LogP contribution in [0.2, 0.25) is 0 Å². The van der Waals surface area contributed by atoms with Gasteiger partial charge < -0.3 is 33.5 Å². The number of carbonyl (C=O) groups excluding carboxylic acids is 4. The molecule has 1 heterocycles. The smallest absolute Gasteiger partial charge is 0.306 e. The molecule has 1 aromatic rings. The first-order valence-electron chi connectivity index (χ1n) is 40.2. The number of hydrogen-bond acceptors (Lipinski definition) is 11. The summed E-state index contributed by atoms with van der Waals surface area (Å²) in [7, 11) is 0. The van der Waals surface area contributed by atoms with Crippen LogP contribution in [0.1, 0.15) is 387 Å². The van der Waals surface area contributed by atoms with Gasteiger partial charge in [-0.25, -0.2) is 0 Å². The summed E-state index contributed by atoms with van der Waals surface area (Å²) in [6.45, 7) is 8.70. The Hall–Kier alpha value is -4.38. The fourth-order valence-electron chi connectivity index (χ4n) is 12.4. The zero-order valence-electron chi connectivity index (χ0n) is 61.6. The van der Waals surface area contributed by atoms with Gasteiger partial charge in [0.15, 0.2) is 12.2 Å². The Morgan fingerprint density at radius 1 is 0.326 bits per heavy atom. The molecule has 1 aromatic carbocycles. The quantitative estimate of drug-likeness (QED) is 0.0288. The van der Waals surface area contributed by atoms with Crippen LogP contribution in [0.25, 0.3) is 0 Å². The van der Waals surface area contributed by atoms with Crippen LogP contribution in [0.15, 0.2) is 72.9 Å². The van der Waals surface area contributed by atoms with Crippen molar-refractivity contribution in [3.63, 3.8) is 0 Å². The largest absolute Gasteiger partial charge is 0.508 e. The molecule has 0 aliphatic carbocycles. The van der Waals surface area contributed by atoms with Crippen molar-refractivity contribution in [1.29, 1.82) is 0 Å². The molecule has 0 bridgehead atoms. The third-order valence-corrected chi connectivity index (χ3v) is 18.5. The summed E-state index contributed by atoms with van der Waals surface area (Å²) in [4.78, 5) is 56.1. The molecule has 11 nitrogen and oxygen atoms in total. The molecule has 2 rings (SSSR count). The molecule has 546 valence electrons. The monoisotopic (exact) mass is 1330 g/mol. The van der Waals surface area contributed by atoms with Crippen LogP contribution in [0.4, 0.5) is 0 Å². The van der Waals surface area contributed by atoms with E-state index in [1.807, 2.05) is 0 Å². The minimum absolute atomic E-state index is 0.0292. The van der Waals surface area contributed by atoms with E-state index in [-0.39, 0.29) is 38.0 Å². The number of carbonyl (C=O) groups is 4. The van der Waals surface area contributed by atoms with Crippen molar-refractivity contribution in [3.8, 4) is 11.5 Å². The van der Waals surface area contributed by atoms with E-state index in [0.717, 1.165) is 154 Å². The average Bonchev–Trinajstić information content (AvgIpc) is 0.819. The van der Waals surface area contributed by atoms with Gasteiger partial charge in [0.05, 0.1) is 0 Å². The van der Waals surface area contributed by atoms with E-state index in [1.165, 1.54) is 166 Å². The van der Waals surface area contributed by atoms with E-state index in [2.05, 4.69) is 76.3 Å². The number of allylic oxidation sites excluding steroid dienone is 8. The van der Waals surface area contributed by atoms with Crippen LogP contribution in [0.5, 0.6) is 11.5 Å². The second kappa shape index (κ2) is 65.6. The Labute approximate surface area is 582 Å². The van der Waals surface area contributed by atoms with E-state index >= 15 is 0 Å². The SMILES string of the molecule is CCCCCCCC/C=C\CCCCCCCC(=O)OC[C@H]1OC(Oc2ccc(O)cc2)[C@H](OC(=O)CCCCCCC/C=C\CCCCCCCC)[C@@H](OC(=O)CCCCCCC/C=C\CCCCCCCC)[C@@H]1OC(=O)CCCCCCC/C=C\CCCCCCCC. The summed E-state index contributed by atoms with van der Waals surface area (Å²) in [5.41, 5.74) is 0. The van der Waals surface area contributed by atoms with Crippen molar-refractivity contribution in [1.82, 2.24) is 0 Å². The molecule has 11 heteroatoms. The van der Waals surface area contributed by atoms with Gasteiger partial charge in [-0.2, -0.15) is 0 Å². The topological polar surface area (TPSA) is 144 Å². The number of rotatable bonds is 67. The maximum Gasteiger partial charge on any atom is 0.306 e. The number of hydrogen-bond donors (Lipinski definition) is 1. The zero-order chi connectivity index (χ0) is 68.4. The van der Waals surface area contributed by atoms with Crippen molar-refractivity contribution >= 4 is 23.9 Å². The summed E-state index contributed by atoms with van der Waals surface area (Å²) in [5, 5.41) is 10.2. The summed E-state index contributed by atoms with van der Waals surface area (Å²) >= 11 is 0. The standard InChI is InChI=1S/C84H144O11/c1-5-9-13-17-21-25-29-33-37-41-45-49-53-57-61-65-77(86)90-73-76-81(93-78(87)66-62-58-54-50-46-42-38-34-30-26-22-18-14-10-6-2)82(94-79(88)67-63-59-55-51-47-43-39-35-31-27-23-19-15-11-7-3)83(84(92-76)91-75-71-69-74(85)70-72-75)95-80(89)68-64-60-56-52-48-44-40-36-32-28-24-20-16-12-8-4/h33-40,69-72,76,81-85H,5-32,41-68,73H2,1-4H3/b37-33-,38-34-,39-35-,40-36-/t76-,81-,82+,83-,84?/m1/s1. The molecule has 0 aromatic heterocycles. The molecule has 1 fully saturated rings. The predicted molar refractivity (Wildman–Crippen MR) is 396 cm³/mol. The first kappa shape index (κ1) is 86.7. The molecule has 0 saturated carbocycles. The Balaban J connectivity index is 2.26. The van der Waals surface area contributed by atoms with Crippen molar-refractivity contribution in [2.45, 2.75) is 418 Å². The zero-order valence-corrected chi connectivity index (χ0v) is 61.6. The Bertz CT molecular complexity index is 2040. The molecule has 1 saturated heterocycles. The molecule has 1 unspecified atom stereocenters. The highest BCUT2D eigenvalue weighted by molar-refractivity contribution is 5.72. The third kappa shape index (κ3) is 52.4. The lowest BCUT2D eigenvalue weighted by Gasteiger charge is -2.44. The first-order chi connectivity index (χ1) is 46.7. The van der Waals surface area contributed by atoms with E-state index in [4.69, 9.17) is 28.4 Å². The van der Waals surface area contributed by atoms with Crippen LogP contribution in [-0.2, 0) is 42.9 Å². The van der Waals surface area contributed by atoms with Crippen LogP contribution < -0.4 is 4.74 Å². The minimum atomic E-state index is -1.37. The number of esters is 4. The van der Waals surface area contributed by atoms with Crippen molar-refractivity contribution in [2.24, 2.45) is 0 Å². The highest BCUT2D eigenvalue weighted by Crippen LogP contribution is 2.33. The van der Waals surface area contributed by atoms with Gasteiger partial charge >= 0.3 is 23.9 Å². The number of benzene rings is 1. The molecule has 1 N–H and O–H groups in total. The molecule has 0 radical (unpaired) electrons. The van der Waals surface area contributed by atoms with Gasteiger partial charge in [-0.15, -0.1) is 0 Å². The van der Waals surface area contributed by atoms with Crippen molar-refractivity contribution in [3.05, 3.63) is 72.9 Å². The van der Waals surface area contributed by atoms with Gasteiger partial charge in [0.1, 0.15) is 24.2 Å². The van der Waals surface area contributed by atoms with Gasteiger partial charge in [0.2, 0.25) is 12.4 Å². The molecule has 95 heavy (non-hydrogen) atoms. The number of unbranched alkanes of at least 4 members (excludes halogenated alkanes) is 44. The molecule has 0 amide bonds. The second-order valence-corrected chi connectivity index (χ2v) is 27.5. The average molecular weight is 1330 g/mol. The number of ether oxygens (including phenoxy) is 6. The molecule has 1 aliphatic heterocycles. The third-order valence-electron chi connectivity index (χ3n) is 18.5. The minimum Gasteiger partial charge on any atom is -0.508 e. The fraction of sp³-hybridized carbons (Fsp3) is 0.786. The van der Waals surface area contributed by atoms with Crippen LogP contribution >= 0.6 is 0 Å². The Morgan fingerprint density at radius 2 is 0.579 bits per heavy atom. The summed E-state index contributed by atoms with van der Waals surface area (Å²) in [5.74, 6) is -1.63. The van der Waals surface area contributed by atoms with E-state index in [1.54, 1.807) is 12.1 Å². The summed E-state index contributed by atoms with van der Waals surface area (Å²) < 4.78 is 38.2. The summed E-state index contributed by atoms with van der Waals surface area (Å²) in [6.07, 6.45) is 71.4. The molecule has 5 atom stereocenters. The first-order valence-corrected chi connectivity index (χ1v) is 40.2. The van der Waals surface area contributed by atoms with Crippen LogP contribution in [0.3, 0.4) is 0 Å². The lowest BCUT2D eigenvalue weighted by molar-refractivity contribution is -0.289. The van der Waals surface area contributed by atoms with Gasteiger partial charge in [0, 0.05) is 25.7 Å². The van der Waals surface area contributed by atoms with Gasteiger partial charge in [-0.05, 0) is 153 Å². The molecule has 1 aliphatic rings. The van der Waals surface area contributed by atoms with E-state index < -0.39 is 54.6 Å². The van der Waals surface area contributed by atoms with Gasteiger partial charge in [-0.3, -0.25) is 19.2 Å². The highest BCUT2D eigenvalue weighted by atomic mass is 16.7. The van der Waals surface area contributed by atoms with Gasteiger partial charge in [-0.1, -0.05) is 282 Å². The van der Waals surface area contributed by atoms with Gasteiger partial charge in [0.25, 0.3) is 0 Å².